The van der Waals surface area contributed by atoms with E-state index in [2.05, 4.69) is 67.6 Å². The van der Waals surface area contributed by atoms with Gasteiger partial charge < -0.3 is 4.90 Å². The molecule has 1 nitrogen and oxygen atoms in total. The summed E-state index contributed by atoms with van der Waals surface area (Å²) >= 11 is 0. The minimum absolute atomic E-state index is 0.461. The molecule has 0 heterocycles. The van der Waals surface area contributed by atoms with Gasteiger partial charge in [0.15, 0.2) is 0 Å². The summed E-state index contributed by atoms with van der Waals surface area (Å²) in [7, 11) is 4.26. The topological polar surface area (TPSA) is 3.24 Å². The van der Waals surface area contributed by atoms with Crippen LogP contribution < -0.4 is 0 Å². The highest BCUT2D eigenvalue weighted by molar-refractivity contribution is 5.66. The van der Waals surface area contributed by atoms with Crippen molar-refractivity contribution in [3.05, 3.63) is 82.0 Å². The molecule has 0 bridgehead atoms. The lowest BCUT2D eigenvalue weighted by atomic mass is 9.81. The van der Waals surface area contributed by atoms with E-state index in [1.54, 1.807) is 0 Å². The molecule has 0 fully saturated rings. The van der Waals surface area contributed by atoms with Crippen LogP contribution in [0.2, 0.25) is 0 Å². The zero-order valence-corrected chi connectivity index (χ0v) is 12.8. The second-order valence-electron chi connectivity index (χ2n) is 6.54. The Morgan fingerprint density at radius 2 is 1.95 bits per heavy atom. The van der Waals surface area contributed by atoms with Gasteiger partial charge in [0.25, 0.3) is 0 Å². The van der Waals surface area contributed by atoms with Crippen molar-refractivity contribution in [2.45, 2.75) is 12.8 Å². The standard InChI is InChI=1S/C20H21N/c1-21(2)13-14-11-16-8-7-15-5-3-4-6-18(15)19-10-9-17(12-14)20(16)19/h4,6-12,20H,3,5,13H2,1-2H3/t20-/m0/s1. The van der Waals surface area contributed by atoms with Crippen molar-refractivity contribution in [3.63, 3.8) is 0 Å². The molecule has 0 spiro atoms. The number of hydrogen-bond donors (Lipinski definition) is 0. The summed E-state index contributed by atoms with van der Waals surface area (Å²) in [5.41, 5.74) is 8.77. The van der Waals surface area contributed by atoms with Crippen molar-refractivity contribution in [2.75, 3.05) is 20.6 Å². The molecule has 21 heavy (non-hydrogen) atoms. The number of nitrogens with zero attached hydrogens (tertiary/aromatic N) is 1. The lowest BCUT2D eigenvalue weighted by molar-refractivity contribution is 0.448. The van der Waals surface area contributed by atoms with Crippen LogP contribution in [0, 0.1) is 5.92 Å². The second kappa shape index (κ2) is 4.85. The first-order valence-electron chi connectivity index (χ1n) is 7.79. The van der Waals surface area contributed by atoms with Crippen LogP contribution >= 0.6 is 0 Å². The summed E-state index contributed by atoms with van der Waals surface area (Å²) in [6, 6.07) is 0. The Balaban J connectivity index is 1.84. The first kappa shape index (κ1) is 12.8. The molecule has 0 aromatic heterocycles. The van der Waals surface area contributed by atoms with Crippen molar-refractivity contribution in [3.8, 4) is 0 Å². The average Bonchev–Trinajstić information content (AvgIpc) is 2.80. The highest BCUT2D eigenvalue weighted by Gasteiger charge is 2.31. The largest absolute Gasteiger partial charge is 0.305 e. The van der Waals surface area contributed by atoms with E-state index in [4.69, 9.17) is 0 Å². The first-order valence-corrected chi connectivity index (χ1v) is 7.79. The Morgan fingerprint density at radius 3 is 2.81 bits per heavy atom. The summed E-state index contributed by atoms with van der Waals surface area (Å²) in [6.07, 6.45) is 21.1. The summed E-state index contributed by atoms with van der Waals surface area (Å²) in [4.78, 5) is 2.24. The van der Waals surface area contributed by atoms with Gasteiger partial charge in [-0.15, -0.1) is 0 Å². The minimum atomic E-state index is 0.461. The van der Waals surface area contributed by atoms with Crippen molar-refractivity contribution in [2.24, 2.45) is 5.92 Å². The molecule has 0 saturated carbocycles. The van der Waals surface area contributed by atoms with Crippen LogP contribution in [-0.2, 0) is 0 Å². The zero-order chi connectivity index (χ0) is 14.4. The Hall–Kier alpha value is -1.86. The van der Waals surface area contributed by atoms with Crippen molar-refractivity contribution < 1.29 is 0 Å². The molecule has 0 aromatic rings. The Kier molecular flexibility index (Phi) is 2.97. The van der Waals surface area contributed by atoms with Crippen molar-refractivity contribution in [1.82, 2.24) is 4.90 Å². The highest BCUT2D eigenvalue weighted by atomic mass is 15.0. The third-order valence-electron chi connectivity index (χ3n) is 4.63. The van der Waals surface area contributed by atoms with Crippen LogP contribution in [-0.4, -0.2) is 25.5 Å². The van der Waals surface area contributed by atoms with Crippen molar-refractivity contribution >= 4 is 0 Å². The number of fused-ring (bicyclic) bond motifs is 1. The van der Waals surface area contributed by atoms with E-state index in [-0.39, 0.29) is 0 Å². The highest BCUT2D eigenvalue weighted by Crippen LogP contribution is 2.45. The Bertz CT molecular complexity index is 702. The quantitative estimate of drug-likeness (QED) is 0.733. The molecular weight excluding hydrogens is 254 g/mol. The van der Waals surface area contributed by atoms with Crippen LogP contribution in [0.3, 0.4) is 0 Å². The van der Waals surface area contributed by atoms with Crippen LogP contribution in [0.1, 0.15) is 12.8 Å². The van der Waals surface area contributed by atoms with Crippen LogP contribution in [0.15, 0.2) is 82.0 Å². The van der Waals surface area contributed by atoms with E-state index >= 15 is 0 Å². The number of likely N-dealkylation sites (N-methyl/N-ethyl adjacent to an activating group) is 1. The van der Waals surface area contributed by atoms with E-state index in [1.807, 2.05) is 0 Å². The maximum atomic E-state index is 2.39. The molecule has 0 aromatic carbocycles. The van der Waals surface area contributed by atoms with E-state index in [1.165, 1.54) is 46.3 Å². The lowest BCUT2D eigenvalue weighted by Crippen LogP contribution is -2.18. The smallest absolute Gasteiger partial charge is 0.0346 e. The second-order valence-corrected chi connectivity index (χ2v) is 6.54. The van der Waals surface area contributed by atoms with Gasteiger partial charge in [-0.3, -0.25) is 0 Å². The monoisotopic (exact) mass is 275 g/mol. The zero-order valence-electron chi connectivity index (χ0n) is 12.8. The van der Waals surface area contributed by atoms with Crippen LogP contribution in [0.5, 0.6) is 0 Å². The molecule has 0 aliphatic heterocycles. The minimum Gasteiger partial charge on any atom is -0.305 e. The molecule has 1 heteroatoms. The lowest BCUT2D eigenvalue weighted by Gasteiger charge is -2.24. The molecule has 4 rings (SSSR count). The molecule has 0 N–H and O–H groups in total. The van der Waals surface area contributed by atoms with Crippen molar-refractivity contribution in [1.29, 1.82) is 0 Å². The maximum absolute atomic E-state index is 2.39. The summed E-state index contributed by atoms with van der Waals surface area (Å²) in [6.45, 7) is 1.00. The number of rotatable bonds is 2. The van der Waals surface area contributed by atoms with Crippen LogP contribution in [0.4, 0.5) is 0 Å². The van der Waals surface area contributed by atoms with Gasteiger partial charge in [0, 0.05) is 12.5 Å². The predicted molar refractivity (Wildman–Crippen MR) is 88.9 cm³/mol. The van der Waals surface area contributed by atoms with Crippen LogP contribution in [0.25, 0.3) is 0 Å². The summed E-state index contributed by atoms with van der Waals surface area (Å²) < 4.78 is 0. The van der Waals surface area contributed by atoms with E-state index < -0.39 is 0 Å². The molecule has 4 aliphatic rings. The van der Waals surface area contributed by atoms with Gasteiger partial charge in [-0.2, -0.15) is 0 Å². The van der Waals surface area contributed by atoms with Gasteiger partial charge in [0.05, 0.1) is 0 Å². The SMILES string of the molecule is CN(C)CC1=CC2=CC=C3CCC=CC3=C3C=CC(=C1)[C@H]23. The Morgan fingerprint density at radius 1 is 1.05 bits per heavy atom. The fraction of sp³-hybridized carbons (Fsp3) is 0.300. The first-order chi connectivity index (χ1) is 10.2. The molecule has 106 valence electrons. The molecule has 4 aliphatic carbocycles. The van der Waals surface area contributed by atoms with Gasteiger partial charge in [0.2, 0.25) is 0 Å². The molecular formula is C20H21N. The van der Waals surface area contributed by atoms with E-state index in [9.17, 15) is 0 Å². The molecule has 1 atom stereocenters. The maximum Gasteiger partial charge on any atom is 0.0346 e. The summed E-state index contributed by atoms with van der Waals surface area (Å²) in [5.74, 6) is 0.461. The molecule has 0 saturated heterocycles. The third-order valence-corrected chi connectivity index (χ3v) is 4.63. The normalized spacial score (nSPS) is 26.0. The van der Waals surface area contributed by atoms with E-state index in [0.29, 0.717) is 5.92 Å². The molecule has 0 amide bonds. The predicted octanol–water partition coefficient (Wildman–Crippen LogP) is 4.11. The fourth-order valence-electron chi connectivity index (χ4n) is 3.79. The van der Waals surface area contributed by atoms with Gasteiger partial charge in [0.1, 0.15) is 0 Å². The molecule has 0 unspecified atom stereocenters. The van der Waals surface area contributed by atoms with Gasteiger partial charge >= 0.3 is 0 Å². The Labute approximate surface area is 127 Å². The third kappa shape index (κ3) is 2.13. The van der Waals surface area contributed by atoms with Gasteiger partial charge in [-0.05, 0) is 60.4 Å². The van der Waals surface area contributed by atoms with Gasteiger partial charge in [-0.1, -0.05) is 48.6 Å². The average molecular weight is 275 g/mol. The molecule has 0 radical (unpaired) electrons. The van der Waals surface area contributed by atoms with Gasteiger partial charge in [-0.25, -0.2) is 0 Å². The number of allylic oxidation sites excluding steroid dienone is 12. The summed E-state index contributed by atoms with van der Waals surface area (Å²) in [5, 5.41) is 0. The van der Waals surface area contributed by atoms with E-state index in [0.717, 1.165) is 6.54 Å². The number of hydrogen-bond acceptors (Lipinski definition) is 1. The fourth-order valence-corrected chi connectivity index (χ4v) is 3.79.